The summed E-state index contributed by atoms with van der Waals surface area (Å²) >= 11 is 0. The summed E-state index contributed by atoms with van der Waals surface area (Å²) in [6.07, 6.45) is 10.8. The maximum absolute atomic E-state index is 12.8. The Kier molecular flexibility index (Phi) is 5.98. The van der Waals surface area contributed by atoms with E-state index in [4.69, 9.17) is 4.98 Å². The van der Waals surface area contributed by atoms with Gasteiger partial charge in [0.25, 0.3) is 0 Å². The SMILES string of the molecule is Cc1ncc(CN(C)C)c([C@H]2CCCN2C(=O)CCCn2ccnc2)n1. The monoisotopic (exact) mass is 356 g/mol. The molecule has 26 heavy (non-hydrogen) atoms. The van der Waals surface area contributed by atoms with Gasteiger partial charge in [-0.05, 0) is 40.3 Å². The topological polar surface area (TPSA) is 67.2 Å². The Balaban J connectivity index is 1.69. The Labute approximate surface area is 155 Å². The molecule has 0 radical (unpaired) electrons. The third kappa shape index (κ3) is 4.46. The second-order valence-corrected chi connectivity index (χ2v) is 7.21. The number of aromatic nitrogens is 4. The van der Waals surface area contributed by atoms with Gasteiger partial charge in [-0.1, -0.05) is 0 Å². The average Bonchev–Trinajstić information content (AvgIpc) is 3.27. The summed E-state index contributed by atoms with van der Waals surface area (Å²) in [6, 6.07) is 0.0763. The van der Waals surface area contributed by atoms with Crippen LogP contribution in [0.1, 0.15) is 48.8 Å². The fraction of sp³-hybridized carbons (Fsp3) is 0.579. The van der Waals surface area contributed by atoms with Crippen LogP contribution < -0.4 is 0 Å². The molecule has 0 aromatic carbocycles. The van der Waals surface area contributed by atoms with Gasteiger partial charge < -0.3 is 14.4 Å². The molecule has 1 atom stereocenters. The van der Waals surface area contributed by atoms with Crippen molar-refractivity contribution in [2.24, 2.45) is 0 Å². The molecule has 0 unspecified atom stereocenters. The summed E-state index contributed by atoms with van der Waals surface area (Å²) in [5, 5.41) is 0. The summed E-state index contributed by atoms with van der Waals surface area (Å²) in [5.74, 6) is 0.988. The van der Waals surface area contributed by atoms with E-state index in [0.717, 1.165) is 56.0 Å². The maximum Gasteiger partial charge on any atom is 0.223 e. The third-order valence-electron chi connectivity index (χ3n) is 4.76. The smallest absolute Gasteiger partial charge is 0.223 e. The molecule has 140 valence electrons. The van der Waals surface area contributed by atoms with Crippen LogP contribution in [0.15, 0.2) is 24.9 Å². The highest BCUT2D eigenvalue weighted by Gasteiger charge is 2.32. The number of hydrogen-bond donors (Lipinski definition) is 0. The summed E-state index contributed by atoms with van der Waals surface area (Å²) in [6.45, 7) is 4.34. The minimum absolute atomic E-state index is 0.0763. The van der Waals surface area contributed by atoms with E-state index in [1.807, 2.05) is 42.9 Å². The molecule has 2 aromatic heterocycles. The molecule has 1 aliphatic rings. The predicted octanol–water partition coefficient (Wildman–Crippen LogP) is 2.19. The molecule has 2 aromatic rings. The van der Waals surface area contributed by atoms with Crippen molar-refractivity contribution in [1.82, 2.24) is 29.3 Å². The van der Waals surface area contributed by atoms with Gasteiger partial charge in [0.1, 0.15) is 5.82 Å². The minimum Gasteiger partial charge on any atom is -0.337 e. The number of rotatable bonds is 7. The lowest BCUT2D eigenvalue weighted by atomic mass is 10.0. The van der Waals surface area contributed by atoms with Crippen molar-refractivity contribution < 1.29 is 4.79 Å². The van der Waals surface area contributed by atoms with E-state index in [9.17, 15) is 4.79 Å². The van der Waals surface area contributed by atoms with Gasteiger partial charge in [0.15, 0.2) is 0 Å². The summed E-state index contributed by atoms with van der Waals surface area (Å²) in [4.78, 5) is 30.1. The van der Waals surface area contributed by atoms with Gasteiger partial charge in [-0.2, -0.15) is 0 Å². The molecule has 1 amide bonds. The van der Waals surface area contributed by atoms with E-state index in [2.05, 4.69) is 14.9 Å². The number of aryl methyl sites for hydroxylation is 2. The maximum atomic E-state index is 12.8. The van der Waals surface area contributed by atoms with Gasteiger partial charge in [-0.15, -0.1) is 0 Å². The molecule has 0 bridgehead atoms. The fourth-order valence-electron chi connectivity index (χ4n) is 3.59. The Morgan fingerprint density at radius 3 is 2.96 bits per heavy atom. The average molecular weight is 356 g/mol. The van der Waals surface area contributed by atoms with Gasteiger partial charge in [0, 0.05) is 50.2 Å². The van der Waals surface area contributed by atoms with Crippen molar-refractivity contribution in [3.05, 3.63) is 42.0 Å². The molecule has 1 saturated heterocycles. The highest BCUT2D eigenvalue weighted by molar-refractivity contribution is 5.77. The van der Waals surface area contributed by atoms with E-state index in [1.54, 1.807) is 12.5 Å². The number of hydrogen-bond acceptors (Lipinski definition) is 5. The number of amides is 1. The molecule has 0 N–H and O–H groups in total. The van der Waals surface area contributed by atoms with Crippen molar-refractivity contribution in [3.8, 4) is 0 Å². The summed E-state index contributed by atoms with van der Waals surface area (Å²) in [7, 11) is 4.08. The second kappa shape index (κ2) is 8.40. The molecule has 3 heterocycles. The summed E-state index contributed by atoms with van der Waals surface area (Å²) < 4.78 is 2.01. The van der Waals surface area contributed by atoms with Crippen LogP contribution in [0.4, 0.5) is 0 Å². The Morgan fingerprint density at radius 1 is 1.38 bits per heavy atom. The number of imidazole rings is 1. The first kappa shape index (κ1) is 18.5. The van der Waals surface area contributed by atoms with E-state index < -0.39 is 0 Å². The standard InChI is InChI=1S/C19H28N6O/c1-15-21-12-16(13-23(2)3)19(22-15)17-6-4-10-25(17)18(26)7-5-9-24-11-8-20-14-24/h8,11-12,14,17H,4-7,9-10,13H2,1-3H3/t17-/m1/s1. The zero-order valence-electron chi connectivity index (χ0n) is 15.9. The van der Waals surface area contributed by atoms with Crippen LogP contribution in [0.25, 0.3) is 0 Å². The first-order valence-corrected chi connectivity index (χ1v) is 9.27. The number of carbonyl (C=O) groups excluding carboxylic acids is 1. The molecule has 7 nitrogen and oxygen atoms in total. The first-order chi connectivity index (χ1) is 12.5. The summed E-state index contributed by atoms with van der Waals surface area (Å²) in [5.41, 5.74) is 2.13. The Hall–Kier alpha value is -2.28. The lowest BCUT2D eigenvalue weighted by Gasteiger charge is -2.27. The molecule has 0 saturated carbocycles. The van der Waals surface area contributed by atoms with Crippen LogP contribution in [-0.2, 0) is 17.9 Å². The zero-order valence-corrected chi connectivity index (χ0v) is 15.9. The van der Waals surface area contributed by atoms with E-state index in [0.29, 0.717) is 6.42 Å². The van der Waals surface area contributed by atoms with Crippen LogP contribution >= 0.6 is 0 Å². The lowest BCUT2D eigenvalue weighted by molar-refractivity contribution is -0.132. The molecular formula is C19H28N6O. The van der Waals surface area contributed by atoms with Crippen LogP contribution in [-0.4, -0.2) is 55.9 Å². The number of carbonyl (C=O) groups is 1. The lowest BCUT2D eigenvalue weighted by Crippen LogP contribution is -2.32. The quantitative estimate of drug-likeness (QED) is 0.761. The van der Waals surface area contributed by atoms with Crippen molar-refractivity contribution in [3.63, 3.8) is 0 Å². The Bertz CT molecular complexity index is 728. The highest BCUT2D eigenvalue weighted by atomic mass is 16.2. The normalized spacial score (nSPS) is 17.2. The van der Waals surface area contributed by atoms with E-state index >= 15 is 0 Å². The van der Waals surface area contributed by atoms with E-state index in [-0.39, 0.29) is 11.9 Å². The Morgan fingerprint density at radius 2 is 2.23 bits per heavy atom. The van der Waals surface area contributed by atoms with Crippen molar-refractivity contribution in [1.29, 1.82) is 0 Å². The number of nitrogens with zero attached hydrogens (tertiary/aromatic N) is 6. The molecule has 0 aliphatic carbocycles. The largest absolute Gasteiger partial charge is 0.337 e. The van der Waals surface area contributed by atoms with Gasteiger partial charge >= 0.3 is 0 Å². The fourth-order valence-corrected chi connectivity index (χ4v) is 3.59. The molecule has 1 aliphatic heterocycles. The van der Waals surface area contributed by atoms with Crippen LogP contribution in [0.5, 0.6) is 0 Å². The molecular weight excluding hydrogens is 328 g/mol. The molecule has 0 spiro atoms. The van der Waals surface area contributed by atoms with Gasteiger partial charge in [0.05, 0.1) is 18.1 Å². The minimum atomic E-state index is 0.0763. The van der Waals surface area contributed by atoms with Crippen molar-refractivity contribution >= 4 is 5.91 Å². The van der Waals surface area contributed by atoms with Gasteiger partial charge in [-0.25, -0.2) is 15.0 Å². The van der Waals surface area contributed by atoms with Crippen LogP contribution in [0.2, 0.25) is 0 Å². The first-order valence-electron chi connectivity index (χ1n) is 9.27. The van der Waals surface area contributed by atoms with Crippen molar-refractivity contribution in [2.45, 2.75) is 51.7 Å². The van der Waals surface area contributed by atoms with Gasteiger partial charge in [-0.3, -0.25) is 4.79 Å². The highest BCUT2D eigenvalue weighted by Crippen LogP contribution is 2.33. The zero-order chi connectivity index (χ0) is 18.5. The molecule has 3 rings (SSSR count). The van der Waals surface area contributed by atoms with Crippen LogP contribution in [0, 0.1) is 6.92 Å². The number of likely N-dealkylation sites (tertiary alicyclic amines) is 1. The predicted molar refractivity (Wildman–Crippen MR) is 99.3 cm³/mol. The van der Waals surface area contributed by atoms with Crippen molar-refractivity contribution in [2.75, 3.05) is 20.6 Å². The van der Waals surface area contributed by atoms with Crippen LogP contribution in [0.3, 0.4) is 0 Å². The second-order valence-electron chi connectivity index (χ2n) is 7.21. The third-order valence-corrected chi connectivity index (χ3v) is 4.76. The molecule has 7 heteroatoms. The van der Waals surface area contributed by atoms with Gasteiger partial charge in [0.2, 0.25) is 5.91 Å². The van der Waals surface area contributed by atoms with E-state index in [1.165, 1.54) is 0 Å². The molecule has 1 fully saturated rings.